The maximum absolute atomic E-state index is 13.8. The molecular weight excluding hydrogens is 406 g/mol. The number of hydrogen-bond donors (Lipinski definition) is 1. The van der Waals surface area contributed by atoms with Gasteiger partial charge in [-0.25, -0.2) is 9.37 Å². The summed E-state index contributed by atoms with van der Waals surface area (Å²) in [5.74, 6) is -3.59. The van der Waals surface area contributed by atoms with Crippen molar-refractivity contribution in [1.29, 1.82) is 0 Å². The monoisotopic (exact) mass is 425 g/mol. The predicted octanol–water partition coefficient (Wildman–Crippen LogP) is 3.28. The summed E-state index contributed by atoms with van der Waals surface area (Å²) in [5.41, 5.74) is 0.911. The molecule has 30 heavy (non-hydrogen) atoms. The quantitative estimate of drug-likeness (QED) is 0.590. The predicted molar refractivity (Wildman–Crippen MR) is 99.4 cm³/mol. The van der Waals surface area contributed by atoms with Crippen LogP contribution in [0.25, 0.3) is 0 Å². The number of anilines is 1. The number of pyridine rings is 1. The molecule has 2 aromatic rings. The number of ether oxygens (including phenoxy) is 1. The minimum absolute atomic E-state index is 0.182. The van der Waals surface area contributed by atoms with E-state index in [-0.39, 0.29) is 23.7 Å². The van der Waals surface area contributed by atoms with E-state index in [1.165, 1.54) is 55.4 Å². The first-order valence-electron chi connectivity index (χ1n) is 9.03. The number of amides is 2. The molecule has 0 spiro atoms. The number of hydrogen-bond acceptors (Lipinski definition) is 4. The van der Waals surface area contributed by atoms with E-state index in [0.29, 0.717) is 5.56 Å². The van der Waals surface area contributed by atoms with Crippen LogP contribution in [-0.2, 0) is 9.59 Å². The van der Waals surface area contributed by atoms with Gasteiger partial charge < -0.3 is 15.0 Å². The Morgan fingerprint density at radius 3 is 2.77 bits per heavy atom. The second-order valence-corrected chi connectivity index (χ2v) is 7.04. The number of benzene rings is 1. The molecule has 2 atom stereocenters. The van der Waals surface area contributed by atoms with E-state index in [1.54, 1.807) is 0 Å². The molecule has 0 saturated carbocycles. The Bertz CT molecular complexity index is 965. The summed E-state index contributed by atoms with van der Waals surface area (Å²) >= 11 is 0. The van der Waals surface area contributed by atoms with Gasteiger partial charge in [0.15, 0.2) is 6.61 Å². The molecule has 6 nitrogen and oxygen atoms in total. The maximum atomic E-state index is 13.8. The topological polar surface area (TPSA) is 71.5 Å². The molecule has 1 aliphatic rings. The molecule has 0 unspecified atom stereocenters. The van der Waals surface area contributed by atoms with E-state index in [2.05, 4.69) is 15.0 Å². The van der Waals surface area contributed by atoms with Gasteiger partial charge >= 0.3 is 6.18 Å². The van der Waals surface area contributed by atoms with Crippen LogP contribution in [0.5, 0.6) is 5.88 Å². The molecule has 1 aromatic heterocycles. The highest BCUT2D eigenvalue weighted by Gasteiger charge is 2.44. The van der Waals surface area contributed by atoms with Crippen LogP contribution >= 0.6 is 0 Å². The van der Waals surface area contributed by atoms with Crippen molar-refractivity contribution in [3.63, 3.8) is 0 Å². The van der Waals surface area contributed by atoms with Crippen LogP contribution in [0.15, 0.2) is 36.5 Å². The van der Waals surface area contributed by atoms with Crippen molar-refractivity contribution in [3.05, 3.63) is 53.5 Å². The molecule has 1 aliphatic heterocycles. The third-order valence-corrected chi connectivity index (χ3v) is 4.89. The Balaban J connectivity index is 1.84. The summed E-state index contributed by atoms with van der Waals surface area (Å²) in [5, 5.41) is 2.58. The van der Waals surface area contributed by atoms with Gasteiger partial charge in [-0.1, -0.05) is 6.07 Å². The molecule has 1 fully saturated rings. The molecule has 1 N–H and O–H groups in total. The fraction of sp³-hybridized carbons (Fsp3) is 0.350. The van der Waals surface area contributed by atoms with Gasteiger partial charge in [-0.3, -0.25) is 9.59 Å². The van der Waals surface area contributed by atoms with Crippen molar-refractivity contribution in [2.45, 2.75) is 19.0 Å². The Hall–Kier alpha value is -3.17. The molecule has 1 saturated heterocycles. The van der Waals surface area contributed by atoms with Crippen LogP contribution in [0.4, 0.5) is 23.2 Å². The van der Waals surface area contributed by atoms with Gasteiger partial charge in [0.2, 0.25) is 17.7 Å². The highest BCUT2D eigenvalue weighted by molar-refractivity contribution is 6.08. The summed E-state index contributed by atoms with van der Waals surface area (Å²) in [4.78, 5) is 30.6. The highest BCUT2D eigenvalue weighted by Crippen LogP contribution is 2.35. The Morgan fingerprint density at radius 1 is 1.33 bits per heavy atom. The van der Waals surface area contributed by atoms with Crippen LogP contribution in [-0.4, -0.2) is 48.1 Å². The number of likely N-dealkylation sites (tertiary alicyclic amines) is 1. The molecule has 0 radical (unpaired) electrons. The number of alkyl halides is 3. The van der Waals surface area contributed by atoms with Crippen molar-refractivity contribution in [1.82, 2.24) is 9.88 Å². The minimum atomic E-state index is -4.52. The van der Waals surface area contributed by atoms with Crippen molar-refractivity contribution >= 4 is 17.5 Å². The molecule has 10 heteroatoms. The summed E-state index contributed by atoms with van der Waals surface area (Å²) in [6, 6.07) is 7.01. The number of carbonyl (C=O) groups excluding carboxylic acids is 2. The Labute approximate surface area is 169 Å². The first kappa shape index (κ1) is 21.5. The third-order valence-electron chi connectivity index (χ3n) is 4.89. The van der Waals surface area contributed by atoms with Crippen LogP contribution < -0.4 is 10.1 Å². The van der Waals surface area contributed by atoms with Gasteiger partial charge in [-0.05, 0) is 30.7 Å². The van der Waals surface area contributed by atoms with E-state index >= 15 is 0 Å². The zero-order chi connectivity index (χ0) is 22.1. The van der Waals surface area contributed by atoms with Gasteiger partial charge in [0, 0.05) is 43.0 Å². The molecule has 160 valence electrons. The zero-order valence-electron chi connectivity index (χ0n) is 16.2. The van der Waals surface area contributed by atoms with Gasteiger partial charge in [-0.15, -0.1) is 0 Å². The average Bonchev–Trinajstić information content (AvgIpc) is 2.98. The highest BCUT2D eigenvalue weighted by atomic mass is 19.4. The molecule has 2 amide bonds. The fourth-order valence-corrected chi connectivity index (χ4v) is 3.34. The standard InChI is InChI=1S/C20H19F4N3O3/c1-11-14(21)4-3-5-15(11)26-18(28)17-13(9-27(2)19(17)29)12-6-7-25-16(8-12)30-10-20(22,23)24/h3-8,13,17H,9-10H2,1-2H3,(H,26,28)/t13-,17+/m0/s1. The number of rotatable bonds is 5. The van der Waals surface area contributed by atoms with E-state index < -0.39 is 42.3 Å². The smallest absolute Gasteiger partial charge is 0.422 e. The Morgan fingerprint density at radius 2 is 2.07 bits per heavy atom. The largest absolute Gasteiger partial charge is 0.468 e. The van der Waals surface area contributed by atoms with E-state index in [0.717, 1.165) is 0 Å². The lowest BCUT2D eigenvalue weighted by molar-refractivity contribution is -0.154. The van der Waals surface area contributed by atoms with Gasteiger partial charge in [0.05, 0.1) is 0 Å². The van der Waals surface area contributed by atoms with Gasteiger partial charge in [0.1, 0.15) is 11.7 Å². The molecule has 1 aromatic carbocycles. The van der Waals surface area contributed by atoms with Gasteiger partial charge in [0.25, 0.3) is 0 Å². The molecule has 3 rings (SSSR count). The summed E-state index contributed by atoms with van der Waals surface area (Å²) < 4.78 is 55.6. The molecule has 0 aliphatic carbocycles. The fourth-order valence-electron chi connectivity index (χ4n) is 3.34. The summed E-state index contributed by atoms with van der Waals surface area (Å²) in [6.45, 7) is 0.176. The van der Waals surface area contributed by atoms with Crippen molar-refractivity contribution in [3.8, 4) is 5.88 Å². The number of nitrogens with one attached hydrogen (secondary N) is 1. The second kappa shape index (κ2) is 8.29. The second-order valence-electron chi connectivity index (χ2n) is 7.04. The summed E-state index contributed by atoms with van der Waals surface area (Å²) in [7, 11) is 1.53. The lowest BCUT2D eigenvalue weighted by Crippen LogP contribution is -2.33. The number of nitrogens with zero attached hydrogens (tertiary/aromatic N) is 2. The lowest BCUT2D eigenvalue weighted by atomic mass is 9.88. The minimum Gasteiger partial charge on any atom is -0.468 e. The normalized spacial score (nSPS) is 19.1. The van der Waals surface area contributed by atoms with Crippen LogP contribution in [0.1, 0.15) is 17.0 Å². The van der Waals surface area contributed by atoms with E-state index in [1.807, 2.05) is 0 Å². The molecule has 2 heterocycles. The molecule has 0 bridgehead atoms. The SMILES string of the molecule is Cc1c(F)cccc1NC(=O)[C@@H]1C(=O)N(C)C[C@H]1c1ccnc(OCC(F)(F)F)c1. The number of aromatic nitrogens is 1. The average molecular weight is 425 g/mol. The zero-order valence-corrected chi connectivity index (χ0v) is 16.2. The van der Waals surface area contributed by atoms with Crippen molar-refractivity contribution in [2.24, 2.45) is 5.92 Å². The van der Waals surface area contributed by atoms with Crippen LogP contribution in [0.2, 0.25) is 0 Å². The van der Waals surface area contributed by atoms with Crippen molar-refractivity contribution < 1.29 is 31.9 Å². The van der Waals surface area contributed by atoms with Crippen LogP contribution in [0, 0.1) is 18.7 Å². The van der Waals surface area contributed by atoms with Crippen molar-refractivity contribution in [2.75, 3.05) is 25.5 Å². The van der Waals surface area contributed by atoms with Gasteiger partial charge in [-0.2, -0.15) is 13.2 Å². The van der Waals surface area contributed by atoms with Crippen LogP contribution in [0.3, 0.4) is 0 Å². The third kappa shape index (κ3) is 4.69. The number of likely N-dealkylation sites (N-methyl/N-ethyl adjacent to an activating group) is 1. The summed E-state index contributed by atoms with van der Waals surface area (Å²) in [6.07, 6.45) is -3.26. The first-order valence-corrected chi connectivity index (χ1v) is 9.03. The number of halogens is 4. The maximum Gasteiger partial charge on any atom is 0.422 e. The Kier molecular flexibility index (Phi) is 5.95. The first-order chi connectivity index (χ1) is 14.1. The molecular formula is C20H19F4N3O3. The van der Waals surface area contributed by atoms with E-state index in [4.69, 9.17) is 0 Å². The van der Waals surface area contributed by atoms with E-state index in [9.17, 15) is 27.2 Å². The lowest BCUT2D eigenvalue weighted by Gasteiger charge is -2.18. The number of carbonyl (C=O) groups is 2.